The first-order valence-corrected chi connectivity index (χ1v) is 8.93. The van der Waals surface area contributed by atoms with Gasteiger partial charge in [0.25, 0.3) is 0 Å². The van der Waals surface area contributed by atoms with Gasteiger partial charge in [-0.25, -0.2) is 0 Å². The zero-order chi connectivity index (χ0) is 15.2. The Bertz CT molecular complexity index is 693. The van der Waals surface area contributed by atoms with E-state index < -0.39 is 0 Å². The maximum absolute atomic E-state index is 9.06. The van der Waals surface area contributed by atoms with Crippen molar-refractivity contribution < 1.29 is 5.11 Å². The number of thioether (sulfide) groups is 1. The van der Waals surface area contributed by atoms with Gasteiger partial charge in [-0.2, -0.15) is 0 Å². The molecule has 2 heterocycles. The number of aromatic nitrogens is 3. The third-order valence-electron chi connectivity index (χ3n) is 3.33. The lowest BCUT2D eigenvalue weighted by Crippen LogP contribution is -2.01. The summed E-state index contributed by atoms with van der Waals surface area (Å²) in [5, 5.41) is 20.3. The van der Waals surface area contributed by atoms with Crippen LogP contribution in [0.15, 0.2) is 53.3 Å². The second kappa shape index (κ2) is 7.58. The molecule has 0 bridgehead atoms. The molecule has 0 fully saturated rings. The zero-order valence-electron chi connectivity index (χ0n) is 12.1. The molecule has 4 nitrogen and oxygen atoms in total. The average Bonchev–Trinajstić information content (AvgIpc) is 3.23. The Labute approximate surface area is 137 Å². The lowest BCUT2D eigenvalue weighted by molar-refractivity contribution is 0.282. The summed E-state index contributed by atoms with van der Waals surface area (Å²) in [7, 11) is 0. The number of rotatable bonds is 7. The van der Waals surface area contributed by atoms with E-state index in [0.29, 0.717) is 0 Å². The number of hydrogen-bond donors (Lipinski definition) is 1. The fraction of sp³-hybridized carbons (Fsp3) is 0.250. The van der Waals surface area contributed by atoms with Crippen LogP contribution in [0.25, 0.3) is 0 Å². The Kier molecular flexibility index (Phi) is 5.26. The number of nitrogens with zero attached hydrogens (tertiary/aromatic N) is 3. The topological polar surface area (TPSA) is 50.9 Å². The van der Waals surface area contributed by atoms with Gasteiger partial charge < -0.3 is 9.67 Å². The molecule has 0 atom stereocenters. The van der Waals surface area contributed by atoms with Crippen molar-refractivity contribution in [1.82, 2.24) is 14.8 Å². The van der Waals surface area contributed by atoms with Crippen LogP contribution in [0.5, 0.6) is 0 Å². The Hall–Kier alpha value is -1.63. The van der Waals surface area contributed by atoms with Crippen molar-refractivity contribution in [1.29, 1.82) is 0 Å². The molecule has 6 heteroatoms. The molecule has 0 radical (unpaired) electrons. The van der Waals surface area contributed by atoms with Gasteiger partial charge >= 0.3 is 0 Å². The molecule has 3 aromatic rings. The third kappa shape index (κ3) is 3.97. The van der Waals surface area contributed by atoms with Crippen LogP contribution in [-0.4, -0.2) is 19.9 Å². The maximum atomic E-state index is 9.06. The molecular formula is C16H17N3OS2. The van der Waals surface area contributed by atoms with Gasteiger partial charge in [-0.15, -0.1) is 21.5 Å². The van der Waals surface area contributed by atoms with E-state index in [1.807, 2.05) is 24.3 Å². The minimum atomic E-state index is 0.0878. The van der Waals surface area contributed by atoms with Crippen LogP contribution in [-0.2, 0) is 25.3 Å². The zero-order valence-corrected chi connectivity index (χ0v) is 13.7. The quantitative estimate of drug-likeness (QED) is 0.675. The Morgan fingerprint density at radius 3 is 2.68 bits per heavy atom. The summed E-state index contributed by atoms with van der Waals surface area (Å²) in [4.78, 5) is 1.38. The summed E-state index contributed by atoms with van der Waals surface area (Å²) in [5.74, 6) is 0.851. The van der Waals surface area contributed by atoms with Gasteiger partial charge in [0.05, 0.1) is 6.61 Å². The van der Waals surface area contributed by atoms with E-state index in [1.54, 1.807) is 29.4 Å². The third-order valence-corrected chi connectivity index (χ3v) is 5.32. The van der Waals surface area contributed by atoms with Crippen LogP contribution >= 0.6 is 23.1 Å². The van der Waals surface area contributed by atoms with Crippen molar-refractivity contribution >= 4 is 23.1 Å². The molecule has 0 unspecified atom stereocenters. The normalized spacial score (nSPS) is 11.0. The van der Waals surface area contributed by atoms with Crippen molar-refractivity contribution in [2.45, 2.75) is 30.5 Å². The fourth-order valence-electron chi connectivity index (χ4n) is 2.08. The van der Waals surface area contributed by atoms with Gasteiger partial charge in [-0.05, 0) is 29.0 Å². The van der Waals surface area contributed by atoms with Crippen molar-refractivity contribution in [3.05, 3.63) is 64.1 Å². The van der Waals surface area contributed by atoms with Gasteiger partial charge in [-0.1, -0.05) is 42.1 Å². The van der Waals surface area contributed by atoms with E-state index >= 15 is 0 Å². The van der Waals surface area contributed by atoms with E-state index in [4.69, 9.17) is 5.11 Å². The van der Waals surface area contributed by atoms with Crippen LogP contribution in [0.1, 0.15) is 16.0 Å². The largest absolute Gasteiger partial charge is 0.392 e. The van der Waals surface area contributed by atoms with E-state index in [-0.39, 0.29) is 6.61 Å². The van der Waals surface area contributed by atoms with Crippen LogP contribution < -0.4 is 0 Å². The molecule has 1 aromatic carbocycles. The van der Waals surface area contributed by atoms with Crippen molar-refractivity contribution in [3.8, 4) is 0 Å². The minimum absolute atomic E-state index is 0.0878. The SMILES string of the molecule is OCc1ccc(CSc2nncn2CCc2cccs2)cc1. The second-order valence-corrected chi connectivity index (χ2v) is 6.87. The second-order valence-electron chi connectivity index (χ2n) is 4.90. The highest BCUT2D eigenvalue weighted by Gasteiger charge is 2.06. The average molecular weight is 331 g/mol. The standard InChI is InChI=1S/C16H17N3OS2/c20-10-13-3-5-14(6-4-13)11-22-16-18-17-12-19(16)8-7-15-2-1-9-21-15/h1-6,9,12,20H,7-8,10-11H2. The molecule has 0 amide bonds. The van der Waals surface area contributed by atoms with Crippen molar-refractivity contribution in [2.75, 3.05) is 0 Å². The number of aliphatic hydroxyl groups excluding tert-OH is 1. The number of aryl methyl sites for hydroxylation is 2. The molecule has 0 spiro atoms. The number of aliphatic hydroxyl groups is 1. The van der Waals surface area contributed by atoms with Gasteiger partial charge in [0.15, 0.2) is 5.16 Å². The summed E-state index contributed by atoms with van der Waals surface area (Å²) in [6.07, 6.45) is 2.80. The first kappa shape index (κ1) is 15.3. The summed E-state index contributed by atoms with van der Waals surface area (Å²) < 4.78 is 2.10. The van der Waals surface area contributed by atoms with E-state index in [0.717, 1.165) is 29.4 Å². The molecular weight excluding hydrogens is 314 g/mol. The molecule has 0 saturated carbocycles. The molecule has 114 valence electrons. The minimum Gasteiger partial charge on any atom is -0.392 e. The first-order chi connectivity index (χ1) is 10.8. The Morgan fingerprint density at radius 1 is 1.14 bits per heavy atom. The summed E-state index contributed by atoms with van der Waals surface area (Å²) in [5.41, 5.74) is 2.16. The fourth-order valence-corrected chi connectivity index (χ4v) is 3.68. The Balaban J connectivity index is 1.57. The molecule has 0 aliphatic carbocycles. The molecule has 2 aromatic heterocycles. The number of hydrogen-bond acceptors (Lipinski definition) is 5. The Morgan fingerprint density at radius 2 is 1.95 bits per heavy atom. The summed E-state index contributed by atoms with van der Waals surface area (Å²) in [6.45, 7) is 0.990. The number of thiophene rings is 1. The van der Waals surface area contributed by atoms with Gasteiger partial charge in [-0.3, -0.25) is 0 Å². The van der Waals surface area contributed by atoms with E-state index in [9.17, 15) is 0 Å². The van der Waals surface area contributed by atoms with Gasteiger partial charge in [0, 0.05) is 17.2 Å². The van der Waals surface area contributed by atoms with Crippen LogP contribution in [0, 0.1) is 0 Å². The van der Waals surface area contributed by atoms with Crippen molar-refractivity contribution in [2.24, 2.45) is 0 Å². The van der Waals surface area contributed by atoms with Gasteiger partial charge in [0.1, 0.15) is 6.33 Å². The highest BCUT2D eigenvalue weighted by Crippen LogP contribution is 2.21. The lowest BCUT2D eigenvalue weighted by atomic mass is 10.2. The molecule has 0 saturated heterocycles. The summed E-state index contributed by atoms with van der Waals surface area (Å²) in [6, 6.07) is 12.2. The smallest absolute Gasteiger partial charge is 0.191 e. The molecule has 1 N–H and O–H groups in total. The molecule has 3 rings (SSSR count). The van der Waals surface area contributed by atoms with E-state index in [1.165, 1.54) is 10.4 Å². The van der Waals surface area contributed by atoms with Crippen LogP contribution in [0.3, 0.4) is 0 Å². The molecule has 0 aliphatic rings. The number of benzene rings is 1. The first-order valence-electron chi connectivity index (χ1n) is 7.07. The van der Waals surface area contributed by atoms with Crippen molar-refractivity contribution in [3.63, 3.8) is 0 Å². The van der Waals surface area contributed by atoms with Crippen LogP contribution in [0.2, 0.25) is 0 Å². The highest BCUT2D eigenvalue weighted by atomic mass is 32.2. The van der Waals surface area contributed by atoms with E-state index in [2.05, 4.69) is 32.3 Å². The highest BCUT2D eigenvalue weighted by molar-refractivity contribution is 7.98. The molecule has 22 heavy (non-hydrogen) atoms. The lowest BCUT2D eigenvalue weighted by Gasteiger charge is -2.06. The predicted octanol–water partition coefficient (Wildman–Crippen LogP) is 3.37. The summed E-state index contributed by atoms with van der Waals surface area (Å²) >= 11 is 3.47. The predicted molar refractivity (Wildman–Crippen MR) is 90.0 cm³/mol. The monoisotopic (exact) mass is 331 g/mol. The van der Waals surface area contributed by atoms with Crippen LogP contribution in [0.4, 0.5) is 0 Å². The van der Waals surface area contributed by atoms with Gasteiger partial charge in [0.2, 0.25) is 0 Å². The maximum Gasteiger partial charge on any atom is 0.191 e. The molecule has 0 aliphatic heterocycles.